The lowest BCUT2D eigenvalue weighted by Gasteiger charge is -2.15. The SMILES string of the molecule is O=C(NC1CCCC1)NS(=O)(=O)C1CCCC1. The van der Waals surface area contributed by atoms with Gasteiger partial charge in [-0.2, -0.15) is 0 Å². The maximum atomic E-state index is 11.8. The predicted molar refractivity (Wildman–Crippen MR) is 65.1 cm³/mol. The number of carbonyl (C=O) groups is 1. The Balaban J connectivity index is 1.84. The maximum Gasteiger partial charge on any atom is 0.328 e. The molecule has 0 bridgehead atoms. The molecule has 0 saturated heterocycles. The molecule has 5 nitrogen and oxygen atoms in total. The van der Waals surface area contributed by atoms with Crippen LogP contribution in [0.1, 0.15) is 51.4 Å². The Morgan fingerprint density at radius 3 is 2.06 bits per heavy atom. The summed E-state index contributed by atoms with van der Waals surface area (Å²) in [6.45, 7) is 0. The number of hydrogen-bond donors (Lipinski definition) is 2. The monoisotopic (exact) mass is 260 g/mol. The van der Waals surface area contributed by atoms with Gasteiger partial charge in [-0.1, -0.05) is 25.7 Å². The maximum absolute atomic E-state index is 11.8. The van der Waals surface area contributed by atoms with Crippen LogP contribution in [-0.2, 0) is 10.0 Å². The van der Waals surface area contributed by atoms with Gasteiger partial charge in [0, 0.05) is 6.04 Å². The minimum Gasteiger partial charge on any atom is -0.335 e. The number of urea groups is 1. The van der Waals surface area contributed by atoms with Crippen LogP contribution < -0.4 is 10.0 Å². The van der Waals surface area contributed by atoms with E-state index in [-0.39, 0.29) is 11.3 Å². The van der Waals surface area contributed by atoms with Crippen molar-refractivity contribution in [2.24, 2.45) is 0 Å². The van der Waals surface area contributed by atoms with E-state index in [4.69, 9.17) is 0 Å². The minimum absolute atomic E-state index is 0.147. The van der Waals surface area contributed by atoms with Crippen molar-refractivity contribution < 1.29 is 13.2 Å². The summed E-state index contributed by atoms with van der Waals surface area (Å²) >= 11 is 0. The van der Waals surface area contributed by atoms with Crippen LogP contribution in [0, 0.1) is 0 Å². The lowest BCUT2D eigenvalue weighted by atomic mass is 10.3. The van der Waals surface area contributed by atoms with Gasteiger partial charge in [0.1, 0.15) is 0 Å². The largest absolute Gasteiger partial charge is 0.335 e. The highest BCUT2D eigenvalue weighted by atomic mass is 32.2. The summed E-state index contributed by atoms with van der Waals surface area (Å²) in [5, 5.41) is 2.35. The molecule has 2 amide bonds. The van der Waals surface area contributed by atoms with Crippen molar-refractivity contribution in [3.05, 3.63) is 0 Å². The summed E-state index contributed by atoms with van der Waals surface area (Å²) in [6.07, 6.45) is 7.36. The molecule has 0 aromatic carbocycles. The van der Waals surface area contributed by atoms with Crippen molar-refractivity contribution in [3.63, 3.8) is 0 Å². The second-order valence-corrected chi connectivity index (χ2v) is 6.97. The Bertz CT molecular complexity index is 368. The Hall–Kier alpha value is -0.780. The zero-order valence-electron chi connectivity index (χ0n) is 9.94. The molecular weight excluding hydrogens is 240 g/mol. The van der Waals surface area contributed by atoms with Crippen LogP contribution in [0.3, 0.4) is 0 Å². The number of amides is 2. The van der Waals surface area contributed by atoms with Gasteiger partial charge in [0.15, 0.2) is 0 Å². The molecule has 2 N–H and O–H groups in total. The fraction of sp³-hybridized carbons (Fsp3) is 0.909. The third kappa shape index (κ3) is 3.34. The van der Waals surface area contributed by atoms with Crippen LogP contribution in [0.4, 0.5) is 4.79 Å². The molecule has 0 radical (unpaired) electrons. The van der Waals surface area contributed by atoms with E-state index < -0.39 is 16.1 Å². The van der Waals surface area contributed by atoms with Gasteiger partial charge in [0.2, 0.25) is 10.0 Å². The van der Waals surface area contributed by atoms with Crippen molar-refractivity contribution >= 4 is 16.1 Å². The van der Waals surface area contributed by atoms with E-state index in [0.717, 1.165) is 38.5 Å². The molecule has 98 valence electrons. The molecule has 2 fully saturated rings. The first kappa shape index (κ1) is 12.7. The van der Waals surface area contributed by atoms with Crippen molar-refractivity contribution in [1.82, 2.24) is 10.0 Å². The normalized spacial score (nSPS) is 22.8. The van der Waals surface area contributed by atoms with Gasteiger partial charge in [-0.25, -0.2) is 17.9 Å². The van der Waals surface area contributed by atoms with Gasteiger partial charge in [-0.15, -0.1) is 0 Å². The van der Waals surface area contributed by atoms with Crippen LogP contribution in [0.2, 0.25) is 0 Å². The van der Waals surface area contributed by atoms with Crippen molar-refractivity contribution in [1.29, 1.82) is 0 Å². The number of hydrogen-bond acceptors (Lipinski definition) is 3. The summed E-state index contributed by atoms with van der Waals surface area (Å²) in [5.74, 6) is 0. The first-order valence-corrected chi connectivity index (χ1v) is 7.95. The summed E-state index contributed by atoms with van der Waals surface area (Å²) < 4.78 is 25.8. The molecule has 2 aliphatic rings. The van der Waals surface area contributed by atoms with Crippen molar-refractivity contribution in [3.8, 4) is 0 Å². The molecule has 0 aromatic heterocycles. The lowest BCUT2D eigenvalue weighted by Crippen LogP contribution is -2.46. The van der Waals surface area contributed by atoms with Gasteiger partial charge in [0.25, 0.3) is 0 Å². The highest BCUT2D eigenvalue weighted by Crippen LogP contribution is 2.24. The molecule has 0 aliphatic heterocycles. The third-order valence-electron chi connectivity index (χ3n) is 3.67. The second kappa shape index (κ2) is 5.25. The number of rotatable bonds is 3. The first-order valence-electron chi connectivity index (χ1n) is 6.40. The second-order valence-electron chi connectivity index (χ2n) is 5.01. The molecule has 0 heterocycles. The molecular formula is C11H20N2O3S. The molecule has 2 rings (SSSR count). The summed E-state index contributed by atoms with van der Waals surface area (Å²) in [5.41, 5.74) is 0. The number of nitrogens with one attached hydrogen (secondary N) is 2. The van der Waals surface area contributed by atoms with E-state index in [2.05, 4.69) is 10.0 Å². The van der Waals surface area contributed by atoms with Crippen LogP contribution in [0.15, 0.2) is 0 Å². The Kier molecular flexibility index (Phi) is 3.91. The Labute approximate surface area is 102 Å². The molecule has 2 saturated carbocycles. The fourth-order valence-electron chi connectivity index (χ4n) is 2.70. The summed E-state index contributed by atoms with van der Waals surface area (Å²) in [4.78, 5) is 11.6. The van der Waals surface area contributed by atoms with Crippen LogP contribution >= 0.6 is 0 Å². The zero-order valence-corrected chi connectivity index (χ0v) is 10.8. The molecule has 2 aliphatic carbocycles. The zero-order chi connectivity index (χ0) is 12.3. The van der Waals surface area contributed by atoms with Gasteiger partial charge >= 0.3 is 6.03 Å². The van der Waals surface area contributed by atoms with E-state index in [9.17, 15) is 13.2 Å². The third-order valence-corrected chi connectivity index (χ3v) is 5.49. The van der Waals surface area contributed by atoms with Crippen LogP contribution in [-0.4, -0.2) is 25.7 Å². The highest BCUT2D eigenvalue weighted by Gasteiger charge is 2.30. The topological polar surface area (TPSA) is 75.3 Å². The Morgan fingerprint density at radius 2 is 1.47 bits per heavy atom. The first-order chi connectivity index (χ1) is 8.08. The number of carbonyl (C=O) groups excluding carboxylic acids is 1. The highest BCUT2D eigenvalue weighted by molar-refractivity contribution is 7.90. The molecule has 17 heavy (non-hydrogen) atoms. The fourth-order valence-corrected chi connectivity index (χ4v) is 4.13. The summed E-state index contributed by atoms with van der Waals surface area (Å²) in [7, 11) is -3.46. The van der Waals surface area contributed by atoms with Gasteiger partial charge < -0.3 is 5.32 Å². The van der Waals surface area contributed by atoms with Gasteiger partial charge in [0.05, 0.1) is 5.25 Å². The Morgan fingerprint density at radius 1 is 0.941 bits per heavy atom. The quantitative estimate of drug-likeness (QED) is 0.807. The predicted octanol–water partition coefficient (Wildman–Crippen LogP) is 1.50. The molecule has 0 aromatic rings. The van der Waals surface area contributed by atoms with E-state index in [1.165, 1.54) is 0 Å². The van der Waals surface area contributed by atoms with Gasteiger partial charge in [-0.05, 0) is 25.7 Å². The van der Waals surface area contributed by atoms with Crippen molar-refractivity contribution in [2.45, 2.75) is 62.7 Å². The van der Waals surface area contributed by atoms with E-state index in [1.54, 1.807) is 0 Å². The van der Waals surface area contributed by atoms with Crippen molar-refractivity contribution in [2.75, 3.05) is 0 Å². The molecule has 0 unspecified atom stereocenters. The average Bonchev–Trinajstić information content (AvgIpc) is 2.87. The lowest BCUT2D eigenvalue weighted by molar-refractivity contribution is 0.242. The number of sulfonamides is 1. The van der Waals surface area contributed by atoms with E-state index in [1.807, 2.05) is 0 Å². The van der Waals surface area contributed by atoms with E-state index >= 15 is 0 Å². The van der Waals surface area contributed by atoms with E-state index in [0.29, 0.717) is 12.8 Å². The molecule has 0 spiro atoms. The smallest absolute Gasteiger partial charge is 0.328 e. The van der Waals surface area contributed by atoms with Crippen LogP contribution in [0.25, 0.3) is 0 Å². The summed E-state index contributed by atoms with van der Waals surface area (Å²) in [6, 6.07) is -0.405. The standard InChI is InChI=1S/C11H20N2O3S/c14-11(12-9-5-1-2-6-9)13-17(15,16)10-7-3-4-8-10/h9-10H,1-8H2,(H2,12,13,14). The minimum atomic E-state index is -3.46. The molecule has 0 atom stereocenters. The van der Waals surface area contributed by atoms with Gasteiger partial charge in [-0.3, -0.25) is 0 Å². The van der Waals surface area contributed by atoms with Crippen LogP contribution in [0.5, 0.6) is 0 Å². The molecule has 6 heteroatoms. The average molecular weight is 260 g/mol.